The highest BCUT2D eigenvalue weighted by Crippen LogP contribution is 2.28. The number of hydrogen-bond donors (Lipinski definition) is 1. The van der Waals surface area contributed by atoms with E-state index >= 15 is 0 Å². The van der Waals surface area contributed by atoms with Crippen molar-refractivity contribution in [2.45, 2.75) is 39.3 Å². The Morgan fingerprint density at radius 3 is 2.59 bits per heavy atom. The SMILES string of the molecule is COc1ccc(CC(=O)NC(C)c2nc3ccccc3n2CCCOc2ccc(Cl)c(C)c2)cc1OC. The van der Waals surface area contributed by atoms with E-state index in [9.17, 15) is 4.79 Å². The molecule has 0 aliphatic carbocycles. The predicted octanol–water partition coefficient (Wildman–Crippen LogP) is 5.90. The summed E-state index contributed by atoms with van der Waals surface area (Å²) in [5.74, 6) is 2.74. The number of benzene rings is 3. The molecule has 1 atom stereocenters. The van der Waals surface area contributed by atoms with Gasteiger partial charge in [-0.3, -0.25) is 4.79 Å². The smallest absolute Gasteiger partial charge is 0.224 e. The molecule has 0 saturated carbocycles. The Labute approximate surface area is 222 Å². The van der Waals surface area contributed by atoms with Gasteiger partial charge in [0, 0.05) is 11.6 Å². The summed E-state index contributed by atoms with van der Waals surface area (Å²) in [6, 6.07) is 18.9. The molecule has 0 aliphatic heterocycles. The van der Waals surface area contributed by atoms with Crippen LogP contribution in [0.1, 0.15) is 36.3 Å². The number of hydrogen-bond acceptors (Lipinski definition) is 5. The van der Waals surface area contributed by atoms with Crippen LogP contribution in [0.3, 0.4) is 0 Å². The number of halogens is 1. The van der Waals surface area contributed by atoms with Crippen LogP contribution in [-0.2, 0) is 17.8 Å². The number of nitrogens with zero attached hydrogens (tertiary/aromatic N) is 2. The molecule has 1 aromatic heterocycles. The lowest BCUT2D eigenvalue weighted by Crippen LogP contribution is -2.30. The quantitative estimate of drug-likeness (QED) is 0.248. The van der Waals surface area contributed by atoms with Gasteiger partial charge in [-0.1, -0.05) is 29.8 Å². The number of amides is 1. The van der Waals surface area contributed by atoms with Gasteiger partial charge in [0.1, 0.15) is 11.6 Å². The summed E-state index contributed by atoms with van der Waals surface area (Å²) >= 11 is 6.11. The van der Waals surface area contributed by atoms with Crippen LogP contribution in [0, 0.1) is 6.92 Å². The molecule has 8 heteroatoms. The fourth-order valence-electron chi connectivity index (χ4n) is 4.31. The Morgan fingerprint density at radius 2 is 1.84 bits per heavy atom. The van der Waals surface area contributed by atoms with Crippen molar-refractivity contribution in [2.75, 3.05) is 20.8 Å². The van der Waals surface area contributed by atoms with Crippen LogP contribution in [0.2, 0.25) is 5.02 Å². The average molecular weight is 522 g/mol. The molecule has 0 spiro atoms. The molecule has 3 aromatic carbocycles. The molecule has 1 heterocycles. The molecule has 1 unspecified atom stereocenters. The maximum absolute atomic E-state index is 12.9. The van der Waals surface area contributed by atoms with Crippen LogP contribution in [0.4, 0.5) is 0 Å². The molecule has 1 amide bonds. The van der Waals surface area contributed by atoms with E-state index in [-0.39, 0.29) is 18.4 Å². The van der Waals surface area contributed by atoms with E-state index in [0.717, 1.165) is 45.2 Å². The van der Waals surface area contributed by atoms with Crippen LogP contribution < -0.4 is 19.5 Å². The van der Waals surface area contributed by atoms with Crippen molar-refractivity contribution in [1.82, 2.24) is 14.9 Å². The number of aryl methyl sites for hydroxylation is 2. The lowest BCUT2D eigenvalue weighted by Gasteiger charge is -2.17. The first-order valence-electron chi connectivity index (χ1n) is 12.2. The third kappa shape index (κ3) is 6.35. The van der Waals surface area contributed by atoms with Gasteiger partial charge in [0.15, 0.2) is 11.5 Å². The van der Waals surface area contributed by atoms with Crippen molar-refractivity contribution >= 4 is 28.5 Å². The second-order valence-corrected chi connectivity index (χ2v) is 9.29. The van der Waals surface area contributed by atoms with Crippen LogP contribution in [0.5, 0.6) is 17.2 Å². The Hall–Kier alpha value is -3.71. The van der Waals surface area contributed by atoms with E-state index in [0.29, 0.717) is 24.7 Å². The number of carbonyl (C=O) groups excluding carboxylic acids is 1. The second kappa shape index (κ2) is 12.0. The average Bonchev–Trinajstić information content (AvgIpc) is 3.27. The standard InChI is InChI=1S/C29H32ClN3O4/c1-19-16-22(11-12-23(19)30)37-15-7-14-33-25-9-6-5-8-24(25)32-29(33)20(2)31-28(34)18-21-10-13-26(35-3)27(17-21)36-4/h5-6,8-13,16-17,20H,7,14-15,18H2,1-4H3,(H,31,34). The second-order valence-electron chi connectivity index (χ2n) is 8.88. The summed E-state index contributed by atoms with van der Waals surface area (Å²) < 4.78 is 18.7. The zero-order chi connectivity index (χ0) is 26.4. The molecule has 7 nitrogen and oxygen atoms in total. The van der Waals surface area contributed by atoms with Crippen molar-refractivity contribution in [3.8, 4) is 17.2 Å². The topological polar surface area (TPSA) is 74.6 Å². The minimum Gasteiger partial charge on any atom is -0.494 e. The van der Waals surface area contributed by atoms with Gasteiger partial charge in [-0.25, -0.2) is 4.98 Å². The van der Waals surface area contributed by atoms with Gasteiger partial charge in [0.2, 0.25) is 5.91 Å². The van der Waals surface area contributed by atoms with Gasteiger partial charge in [0.05, 0.1) is 44.3 Å². The third-order valence-electron chi connectivity index (χ3n) is 6.19. The van der Waals surface area contributed by atoms with Crippen molar-refractivity contribution < 1.29 is 19.0 Å². The summed E-state index contributed by atoms with van der Waals surface area (Å²) in [7, 11) is 3.17. The highest BCUT2D eigenvalue weighted by molar-refractivity contribution is 6.31. The first-order valence-corrected chi connectivity index (χ1v) is 12.6. The van der Waals surface area contributed by atoms with Crippen LogP contribution in [0.15, 0.2) is 60.7 Å². The highest BCUT2D eigenvalue weighted by Gasteiger charge is 2.19. The number of ether oxygens (including phenoxy) is 3. The number of carbonyl (C=O) groups is 1. The Kier molecular flexibility index (Phi) is 8.56. The zero-order valence-electron chi connectivity index (χ0n) is 21.6. The normalized spacial score (nSPS) is 11.8. The van der Waals surface area contributed by atoms with Crippen molar-refractivity contribution in [3.63, 3.8) is 0 Å². The summed E-state index contributed by atoms with van der Waals surface area (Å²) in [5, 5.41) is 3.83. The molecule has 1 N–H and O–H groups in total. The molecule has 4 rings (SSSR count). The van der Waals surface area contributed by atoms with Gasteiger partial charge < -0.3 is 24.1 Å². The van der Waals surface area contributed by atoms with E-state index < -0.39 is 0 Å². The molecular formula is C29H32ClN3O4. The van der Waals surface area contributed by atoms with Gasteiger partial charge in [0.25, 0.3) is 0 Å². The van der Waals surface area contributed by atoms with Crippen LogP contribution in [0.25, 0.3) is 11.0 Å². The predicted molar refractivity (Wildman–Crippen MR) is 146 cm³/mol. The molecule has 4 aromatic rings. The van der Waals surface area contributed by atoms with E-state index in [1.54, 1.807) is 20.3 Å². The number of methoxy groups -OCH3 is 2. The molecule has 0 bridgehead atoms. The number of imidazole rings is 1. The van der Waals surface area contributed by atoms with Crippen molar-refractivity contribution in [1.29, 1.82) is 0 Å². The van der Waals surface area contributed by atoms with Gasteiger partial charge in [-0.05, 0) is 73.9 Å². The molecule has 194 valence electrons. The number of nitrogens with one attached hydrogen (secondary N) is 1. The van der Waals surface area contributed by atoms with E-state index in [2.05, 4.69) is 9.88 Å². The first kappa shape index (κ1) is 26.4. The van der Waals surface area contributed by atoms with E-state index in [4.69, 9.17) is 30.8 Å². The molecule has 0 fully saturated rings. The monoisotopic (exact) mass is 521 g/mol. The van der Waals surface area contributed by atoms with E-state index in [1.807, 2.05) is 68.4 Å². The molecule has 37 heavy (non-hydrogen) atoms. The fraction of sp³-hybridized carbons (Fsp3) is 0.310. The van der Waals surface area contributed by atoms with Gasteiger partial charge in [-0.15, -0.1) is 0 Å². The molecule has 0 aliphatic rings. The minimum absolute atomic E-state index is 0.0974. The van der Waals surface area contributed by atoms with Crippen LogP contribution in [-0.4, -0.2) is 36.3 Å². The Bertz CT molecular complexity index is 1390. The summed E-state index contributed by atoms with van der Waals surface area (Å²) in [5.41, 5.74) is 3.75. The third-order valence-corrected chi connectivity index (χ3v) is 6.61. The van der Waals surface area contributed by atoms with Crippen molar-refractivity contribution in [3.05, 3.63) is 82.6 Å². The summed E-state index contributed by atoms with van der Waals surface area (Å²) in [6.45, 7) is 5.17. The molecule has 0 radical (unpaired) electrons. The zero-order valence-corrected chi connectivity index (χ0v) is 22.3. The van der Waals surface area contributed by atoms with Gasteiger partial charge in [-0.2, -0.15) is 0 Å². The molecule has 0 saturated heterocycles. The lowest BCUT2D eigenvalue weighted by atomic mass is 10.1. The first-order chi connectivity index (χ1) is 17.9. The minimum atomic E-state index is -0.278. The summed E-state index contributed by atoms with van der Waals surface area (Å²) in [4.78, 5) is 17.7. The van der Waals surface area contributed by atoms with Crippen LogP contribution >= 0.6 is 11.6 Å². The Morgan fingerprint density at radius 1 is 1.05 bits per heavy atom. The summed E-state index contributed by atoms with van der Waals surface area (Å²) in [6.07, 6.45) is 1.00. The maximum atomic E-state index is 12.9. The number of fused-ring (bicyclic) bond motifs is 1. The number of para-hydroxylation sites is 2. The Balaban J connectivity index is 1.43. The largest absolute Gasteiger partial charge is 0.494 e. The van der Waals surface area contributed by atoms with Crippen molar-refractivity contribution in [2.24, 2.45) is 0 Å². The highest BCUT2D eigenvalue weighted by atomic mass is 35.5. The number of aromatic nitrogens is 2. The van der Waals surface area contributed by atoms with Gasteiger partial charge >= 0.3 is 0 Å². The lowest BCUT2D eigenvalue weighted by molar-refractivity contribution is -0.121. The fourth-order valence-corrected chi connectivity index (χ4v) is 4.43. The number of rotatable bonds is 11. The van der Waals surface area contributed by atoms with E-state index in [1.165, 1.54) is 0 Å². The maximum Gasteiger partial charge on any atom is 0.224 e. The molecular weight excluding hydrogens is 490 g/mol.